The Bertz CT molecular complexity index is 743. The predicted molar refractivity (Wildman–Crippen MR) is 100 cm³/mol. The first-order chi connectivity index (χ1) is 12.6. The van der Waals surface area contributed by atoms with Gasteiger partial charge in [0, 0.05) is 23.7 Å². The second kappa shape index (κ2) is 8.91. The molecule has 26 heavy (non-hydrogen) atoms. The van der Waals surface area contributed by atoms with Crippen molar-refractivity contribution in [3.63, 3.8) is 0 Å². The Morgan fingerprint density at radius 1 is 1.15 bits per heavy atom. The van der Waals surface area contributed by atoms with E-state index in [1.807, 2.05) is 0 Å². The molecule has 0 aliphatic carbocycles. The largest absolute Gasteiger partial charge is 0.348 e. The molecular weight excluding hydrogens is 353 g/mol. The number of nitrogens with zero attached hydrogens (tertiary/aromatic N) is 1. The minimum atomic E-state index is -0.772. The van der Waals surface area contributed by atoms with Gasteiger partial charge in [0.2, 0.25) is 0 Å². The summed E-state index contributed by atoms with van der Waals surface area (Å²) in [5.41, 5.74) is 0.270. The molecule has 3 rings (SSSR count). The average Bonchev–Trinajstić information content (AvgIpc) is 3.14. The topological polar surface area (TPSA) is 61.4 Å². The lowest BCUT2D eigenvalue weighted by molar-refractivity contribution is -0.136. The maximum absolute atomic E-state index is 13.1. The SMILES string of the molecule is O=C(NCC1CCN(Cc2cccs2)CC1)C(=O)Nc1cccc(F)c1. The minimum Gasteiger partial charge on any atom is -0.348 e. The predicted octanol–water partition coefficient (Wildman–Crippen LogP) is 2.85. The number of thiophene rings is 1. The lowest BCUT2D eigenvalue weighted by Crippen LogP contribution is -2.41. The van der Waals surface area contributed by atoms with Crippen LogP contribution in [0.3, 0.4) is 0 Å². The van der Waals surface area contributed by atoms with Crippen LogP contribution in [0, 0.1) is 11.7 Å². The van der Waals surface area contributed by atoms with Crippen LogP contribution in [0.4, 0.5) is 10.1 Å². The number of carbonyl (C=O) groups is 2. The van der Waals surface area contributed by atoms with Gasteiger partial charge >= 0.3 is 11.8 Å². The highest BCUT2D eigenvalue weighted by molar-refractivity contribution is 7.09. The van der Waals surface area contributed by atoms with Gasteiger partial charge in [0.05, 0.1) is 0 Å². The van der Waals surface area contributed by atoms with E-state index in [0.717, 1.165) is 32.5 Å². The fourth-order valence-electron chi connectivity index (χ4n) is 3.04. The number of nitrogens with one attached hydrogen (secondary N) is 2. The molecule has 1 fully saturated rings. The van der Waals surface area contributed by atoms with Gasteiger partial charge in [0.25, 0.3) is 0 Å². The number of halogens is 1. The number of benzene rings is 1. The Hall–Kier alpha value is -2.25. The number of hydrogen-bond acceptors (Lipinski definition) is 4. The van der Waals surface area contributed by atoms with Crippen LogP contribution in [0.2, 0.25) is 0 Å². The van der Waals surface area contributed by atoms with E-state index >= 15 is 0 Å². The molecule has 1 aromatic heterocycles. The molecule has 5 nitrogen and oxygen atoms in total. The zero-order valence-corrected chi connectivity index (χ0v) is 15.2. The van der Waals surface area contributed by atoms with Crippen molar-refractivity contribution in [3.05, 3.63) is 52.5 Å². The highest BCUT2D eigenvalue weighted by Crippen LogP contribution is 2.20. The monoisotopic (exact) mass is 375 g/mol. The van der Waals surface area contributed by atoms with Crippen molar-refractivity contribution < 1.29 is 14.0 Å². The van der Waals surface area contributed by atoms with Crippen molar-refractivity contribution in [2.24, 2.45) is 5.92 Å². The molecule has 138 valence electrons. The maximum atomic E-state index is 13.1. The smallest absolute Gasteiger partial charge is 0.313 e. The Labute approximate surface area is 156 Å². The van der Waals surface area contributed by atoms with Gasteiger partial charge in [-0.1, -0.05) is 12.1 Å². The van der Waals surface area contributed by atoms with E-state index in [9.17, 15) is 14.0 Å². The number of piperidine rings is 1. The molecule has 1 saturated heterocycles. The lowest BCUT2D eigenvalue weighted by atomic mass is 9.97. The molecule has 1 aliphatic heterocycles. The quantitative estimate of drug-likeness (QED) is 0.790. The molecule has 0 bridgehead atoms. The molecule has 7 heteroatoms. The highest BCUT2D eigenvalue weighted by atomic mass is 32.1. The van der Waals surface area contributed by atoms with Crippen LogP contribution in [0.5, 0.6) is 0 Å². The van der Waals surface area contributed by atoms with Crippen molar-refractivity contribution in [1.29, 1.82) is 0 Å². The zero-order chi connectivity index (χ0) is 18.4. The first-order valence-electron chi connectivity index (χ1n) is 8.69. The molecule has 2 heterocycles. The Balaban J connectivity index is 1.37. The molecule has 2 aromatic rings. The zero-order valence-electron chi connectivity index (χ0n) is 14.4. The molecule has 0 radical (unpaired) electrons. The van der Waals surface area contributed by atoms with Crippen LogP contribution < -0.4 is 10.6 Å². The van der Waals surface area contributed by atoms with E-state index in [2.05, 4.69) is 33.0 Å². The van der Waals surface area contributed by atoms with Crippen molar-refractivity contribution >= 4 is 28.8 Å². The van der Waals surface area contributed by atoms with Crippen LogP contribution in [-0.4, -0.2) is 36.3 Å². The van der Waals surface area contributed by atoms with E-state index in [0.29, 0.717) is 12.5 Å². The molecule has 1 aromatic carbocycles. The highest BCUT2D eigenvalue weighted by Gasteiger charge is 2.21. The first-order valence-corrected chi connectivity index (χ1v) is 9.57. The molecule has 0 spiro atoms. The number of anilines is 1. The van der Waals surface area contributed by atoms with E-state index in [1.165, 1.54) is 29.1 Å². The maximum Gasteiger partial charge on any atom is 0.313 e. The molecule has 0 saturated carbocycles. The van der Waals surface area contributed by atoms with Crippen molar-refractivity contribution in [3.8, 4) is 0 Å². The standard InChI is InChI=1S/C19H22FN3O2S/c20-15-3-1-4-16(11-15)22-19(25)18(24)21-12-14-6-8-23(9-7-14)13-17-5-2-10-26-17/h1-5,10-11,14H,6-9,12-13H2,(H,21,24)(H,22,25). The summed E-state index contributed by atoms with van der Waals surface area (Å²) in [4.78, 5) is 27.6. The summed E-state index contributed by atoms with van der Waals surface area (Å²) in [7, 11) is 0. The Morgan fingerprint density at radius 2 is 1.96 bits per heavy atom. The number of rotatable bonds is 5. The Morgan fingerprint density at radius 3 is 2.65 bits per heavy atom. The summed E-state index contributed by atoms with van der Waals surface area (Å²) < 4.78 is 13.1. The van der Waals surface area contributed by atoms with Gasteiger partial charge < -0.3 is 10.6 Å². The van der Waals surface area contributed by atoms with Crippen LogP contribution in [0.25, 0.3) is 0 Å². The average molecular weight is 375 g/mol. The van der Waals surface area contributed by atoms with E-state index < -0.39 is 17.6 Å². The van der Waals surface area contributed by atoms with E-state index in [-0.39, 0.29) is 5.69 Å². The fraction of sp³-hybridized carbons (Fsp3) is 0.368. The molecule has 1 aliphatic rings. The minimum absolute atomic E-state index is 0.270. The third-order valence-corrected chi connectivity index (χ3v) is 5.37. The lowest BCUT2D eigenvalue weighted by Gasteiger charge is -2.31. The summed E-state index contributed by atoms with van der Waals surface area (Å²) in [5.74, 6) is -1.54. The van der Waals surface area contributed by atoms with Gasteiger partial charge in [-0.15, -0.1) is 11.3 Å². The number of carbonyl (C=O) groups excluding carboxylic acids is 2. The van der Waals surface area contributed by atoms with Gasteiger partial charge in [-0.25, -0.2) is 4.39 Å². The first kappa shape index (κ1) is 18.5. The number of amides is 2. The van der Waals surface area contributed by atoms with Gasteiger partial charge in [-0.05, 0) is 61.5 Å². The summed E-state index contributed by atoms with van der Waals surface area (Å²) in [6.07, 6.45) is 1.99. The Kier molecular flexibility index (Phi) is 6.35. The molecule has 2 amide bonds. The van der Waals surface area contributed by atoms with Crippen LogP contribution >= 0.6 is 11.3 Å². The van der Waals surface area contributed by atoms with Crippen LogP contribution in [0.15, 0.2) is 41.8 Å². The summed E-state index contributed by atoms with van der Waals surface area (Å²) >= 11 is 1.77. The van der Waals surface area contributed by atoms with Crippen molar-refractivity contribution in [2.45, 2.75) is 19.4 Å². The molecular formula is C19H22FN3O2S. The number of likely N-dealkylation sites (tertiary alicyclic amines) is 1. The van der Waals surface area contributed by atoms with Gasteiger partial charge in [-0.2, -0.15) is 0 Å². The van der Waals surface area contributed by atoms with Crippen LogP contribution in [-0.2, 0) is 16.1 Å². The van der Waals surface area contributed by atoms with Gasteiger partial charge in [0.1, 0.15) is 5.82 Å². The number of hydrogen-bond donors (Lipinski definition) is 2. The third kappa shape index (κ3) is 5.37. The molecule has 2 N–H and O–H groups in total. The summed E-state index contributed by atoms with van der Waals surface area (Å²) in [6, 6.07) is 9.69. The molecule has 0 unspecified atom stereocenters. The summed E-state index contributed by atoms with van der Waals surface area (Å²) in [5, 5.41) is 7.18. The van der Waals surface area contributed by atoms with Gasteiger partial charge in [0.15, 0.2) is 0 Å². The van der Waals surface area contributed by atoms with E-state index in [1.54, 1.807) is 11.3 Å². The summed E-state index contributed by atoms with van der Waals surface area (Å²) in [6.45, 7) is 3.46. The van der Waals surface area contributed by atoms with Gasteiger partial charge in [-0.3, -0.25) is 14.5 Å². The van der Waals surface area contributed by atoms with Crippen molar-refractivity contribution in [1.82, 2.24) is 10.2 Å². The second-order valence-electron chi connectivity index (χ2n) is 6.47. The normalized spacial score (nSPS) is 15.6. The molecule has 0 atom stereocenters. The van der Waals surface area contributed by atoms with Crippen molar-refractivity contribution in [2.75, 3.05) is 25.0 Å². The second-order valence-corrected chi connectivity index (χ2v) is 7.51. The van der Waals surface area contributed by atoms with Crippen LogP contribution in [0.1, 0.15) is 17.7 Å². The third-order valence-electron chi connectivity index (χ3n) is 4.51. The fourth-order valence-corrected chi connectivity index (χ4v) is 3.79. The van der Waals surface area contributed by atoms with E-state index in [4.69, 9.17) is 0 Å².